The van der Waals surface area contributed by atoms with Crippen LogP contribution in [-0.4, -0.2) is 52.1 Å². The highest BCUT2D eigenvalue weighted by molar-refractivity contribution is 7.99. The van der Waals surface area contributed by atoms with Gasteiger partial charge in [-0.15, -0.1) is 0 Å². The number of aromatic nitrogens is 1. The number of nitrogens with zero attached hydrogens (tertiary/aromatic N) is 2. The molecule has 35 heavy (non-hydrogen) atoms. The van der Waals surface area contributed by atoms with Crippen LogP contribution in [0.4, 0.5) is 20.3 Å². The number of amidine groups is 1. The van der Waals surface area contributed by atoms with Crippen molar-refractivity contribution in [2.45, 2.75) is 6.92 Å². The zero-order chi connectivity index (χ0) is 24.9. The number of halogens is 2. The molecule has 0 spiro atoms. The van der Waals surface area contributed by atoms with Crippen LogP contribution in [0.15, 0.2) is 54.7 Å². The minimum absolute atomic E-state index is 0.0167. The van der Waals surface area contributed by atoms with Crippen LogP contribution in [0.25, 0.3) is 0 Å². The van der Waals surface area contributed by atoms with Gasteiger partial charge in [0, 0.05) is 36.4 Å². The highest BCUT2D eigenvalue weighted by Crippen LogP contribution is 2.22. The predicted molar refractivity (Wildman–Crippen MR) is 133 cm³/mol. The molecule has 0 radical (unpaired) electrons. The van der Waals surface area contributed by atoms with Crippen molar-refractivity contribution in [3.05, 3.63) is 88.6 Å². The first-order valence-corrected chi connectivity index (χ1v) is 12.0. The Hall–Kier alpha value is -3.79. The summed E-state index contributed by atoms with van der Waals surface area (Å²) in [6, 6.07) is 10.6. The number of anilines is 2. The second-order valence-corrected chi connectivity index (χ2v) is 9.19. The van der Waals surface area contributed by atoms with E-state index in [1.54, 1.807) is 30.1 Å². The molecule has 4 rings (SSSR count). The van der Waals surface area contributed by atoms with Crippen LogP contribution in [0.3, 0.4) is 0 Å². The summed E-state index contributed by atoms with van der Waals surface area (Å²) in [5, 5.41) is 13.4. The van der Waals surface area contributed by atoms with Gasteiger partial charge in [-0.3, -0.25) is 15.0 Å². The van der Waals surface area contributed by atoms with E-state index in [4.69, 9.17) is 5.41 Å². The van der Waals surface area contributed by atoms with Gasteiger partial charge in [0.2, 0.25) is 0 Å². The Morgan fingerprint density at radius 2 is 1.71 bits per heavy atom. The van der Waals surface area contributed by atoms with Crippen LogP contribution in [0, 0.1) is 24.0 Å². The summed E-state index contributed by atoms with van der Waals surface area (Å²) < 4.78 is 28.8. The fourth-order valence-corrected chi connectivity index (χ4v) is 4.45. The van der Waals surface area contributed by atoms with Crippen molar-refractivity contribution >= 4 is 40.9 Å². The smallest absolute Gasteiger partial charge is 0.259 e. The molecule has 0 aliphatic carbocycles. The summed E-state index contributed by atoms with van der Waals surface area (Å²) in [6.07, 6.45) is 1.57. The summed E-state index contributed by atoms with van der Waals surface area (Å²) in [5.41, 5.74) is 0.899. The molecule has 1 aliphatic heterocycles. The van der Waals surface area contributed by atoms with Crippen LogP contribution in [-0.2, 0) is 0 Å². The van der Waals surface area contributed by atoms with Gasteiger partial charge in [0.15, 0.2) is 0 Å². The Morgan fingerprint density at radius 1 is 0.971 bits per heavy atom. The largest absolute Gasteiger partial charge is 0.355 e. The maximum atomic E-state index is 14.8. The van der Waals surface area contributed by atoms with Crippen LogP contribution >= 0.6 is 11.8 Å². The van der Waals surface area contributed by atoms with Crippen LogP contribution in [0.1, 0.15) is 31.8 Å². The van der Waals surface area contributed by atoms with E-state index in [1.807, 2.05) is 11.8 Å². The zero-order valence-electron chi connectivity index (χ0n) is 18.9. The number of rotatable bonds is 5. The minimum atomic E-state index is -0.802. The van der Waals surface area contributed by atoms with E-state index >= 15 is 0 Å². The molecule has 7 nitrogen and oxygen atoms in total. The standard InChI is InChI=1S/C25H23F2N5O2S/c1-15-2-7-22(29-14-15)31-25(34)19-13-17(26)4-6-21(19)30-24(33)18-5-3-16(12-20(18)27)23(28)32-8-10-35-11-9-32/h2-7,12-14,28H,8-11H2,1H3,(H,30,33)(H,29,31,34). The average molecular weight is 496 g/mol. The Balaban J connectivity index is 1.52. The van der Waals surface area contributed by atoms with Crippen molar-refractivity contribution < 1.29 is 18.4 Å². The van der Waals surface area contributed by atoms with Crippen molar-refractivity contribution in [3.8, 4) is 0 Å². The fraction of sp³-hybridized carbons (Fsp3) is 0.200. The van der Waals surface area contributed by atoms with E-state index in [1.165, 1.54) is 18.2 Å². The van der Waals surface area contributed by atoms with E-state index in [2.05, 4.69) is 15.6 Å². The summed E-state index contributed by atoms with van der Waals surface area (Å²) in [6.45, 7) is 3.27. The third-order valence-electron chi connectivity index (χ3n) is 5.44. The second kappa shape index (κ2) is 10.6. The van der Waals surface area contributed by atoms with E-state index in [0.717, 1.165) is 35.3 Å². The first kappa shape index (κ1) is 24.3. The Labute approximate surface area is 205 Å². The molecule has 0 atom stereocenters. The highest BCUT2D eigenvalue weighted by atomic mass is 32.2. The van der Waals surface area contributed by atoms with Crippen LogP contribution in [0.2, 0.25) is 0 Å². The SMILES string of the molecule is Cc1ccc(NC(=O)c2cc(F)ccc2NC(=O)c2ccc(C(=N)N3CCSCC3)cc2F)nc1. The third-order valence-corrected chi connectivity index (χ3v) is 6.38. The first-order valence-electron chi connectivity index (χ1n) is 10.9. The maximum absolute atomic E-state index is 14.8. The molecule has 1 saturated heterocycles. The van der Waals surface area contributed by atoms with Crippen LogP contribution < -0.4 is 10.6 Å². The minimum Gasteiger partial charge on any atom is -0.355 e. The van der Waals surface area contributed by atoms with Gasteiger partial charge in [-0.25, -0.2) is 13.8 Å². The molecular formula is C25H23F2N5O2S. The number of amides is 2. The second-order valence-electron chi connectivity index (χ2n) is 7.96. The van der Waals surface area contributed by atoms with Gasteiger partial charge in [-0.1, -0.05) is 12.1 Å². The number of hydrogen-bond acceptors (Lipinski definition) is 5. The molecule has 1 aromatic heterocycles. The van der Waals surface area contributed by atoms with Gasteiger partial charge in [-0.05, 0) is 48.9 Å². The molecule has 1 fully saturated rings. The lowest BCUT2D eigenvalue weighted by molar-refractivity contribution is 0.102. The molecule has 10 heteroatoms. The molecular weight excluding hydrogens is 472 g/mol. The molecule has 0 bridgehead atoms. The molecule has 2 amide bonds. The molecule has 2 aromatic carbocycles. The first-order chi connectivity index (χ1) is 16.8. The molecule has 1 aliphatic rings. The van der Waals surface area contributed by atoms with Crippen molar-refractivity contribution in [3.63, 3.8) is 0 Å². The number of carbonyl (C=O) groups excluding carboxylic acids is 2. The number of nitrogens with one attached hydrogen (secondary N) is 3. The van der Waals surface area contributed by atoms with Crippen molar-refractivity contribution in [2.75, 3.05) is 35.2 Å². The summed E-state index contributed by atoms with van der Waals surface area (Å²) in [5.74, 6) is -0.679. The van der Waals surface area contributed by atoms with E-state index in [9.17, 15) is 18.4 Å². The van der Waals surface area contributed by atoms with Gasteiger partial charge in [-0.2, -0.15) is 11.8 Å². The van der Waals surface area contributed by atoms with E-state index in [0.29, 0.717) is 18.7 Å². The van der Waals surface area contributed by atoms with Crippen molar-refractivity contribution in [1.29, 1.82) is 5.41 Å². The molecule has 3 aromatic rings. The summed E-state index contributed by atoms with van der Waals surface area (Å²) >= 11 is 1.81. The van der Waals surface area contributed by atoms with E-state index < -0.39 is 23.4 Å². The number of pyridine rings is 1. The fourth-order valence-electron chi connectivity index (χ4n) is 3.54. The topological polar surface area (TPSA) is 98.2 Å². The zero-order valence-corrected chi connectivity index (χ0v) is 19.7. The van der Waals surface area contributed by atoms with Gasteiger partial charge < -0.3 is 15.5 Å². The van der Waals surface area contributed by atoms with Crippen molar-refractivity contribution in [1.82, 2.24) is 9.88 Å². The van der Waals surface area contributed by atoms with Gasteiger partial charge in [0.05, 0.1) is 16.8 Å². The van der Waals surface area contributed by atoms with Gasteiger partial charge in [0.25, 0.3) is 11.8 Å². The van der Waals surface area contributed by atoms with Crippen molar-refractivity contribution in [2.24, 2.45) is 0 Å². The quantitative estimate of drug-likeness (QED) is 0.357. The Bertz CT molecular complexity index is 1280. The number of thioether (sulfide) groups is 1. The summed E-state index contributed by atoms with van der Waals surface area (Å²) in [4.78, 5) is 31.5. The molecule has 3 N–H and O–H groups in total. The lowest BCUT2D eigenvalue weighted by atomic mass is 10.1. The average Bonchev–Trinajstić information content (AvgIpc) is 2.86. The predicted octanol–water partition coefficient (Wildman–Crippen LogP) is 4.55. The highest BCUT2D eigenvalue weighted by Gasteiger charge is 2.21. The normalized spacial score (nSPS) is 13.3. The summed E-state index contributed by atoms with van der Waals surface area (Å²) in [7, 11) is 0. The maximum Gasteiger partial charge on any atom is 0.259 e. The van der Waals surface area contributed by atoms with E-state index in [-0.39, 0.29) is 28.5 Å². The third kappa shape index (κ3) is 5.83. The Kier molecular flexibility index (Phi) is 7.40. The lowest BCUT2D eigenvalue weighted by Crippen LogP contribution is -2.38. The number of carbonyl (C=O) groups is 2. The monoisotopic (exact) mass is 495 g/mol. The number of aryl methyl sites for hydroxylation is 1. The molecule has 180 valence electrons. The Morgan fingerprint density at radius 3 is 2.40 bits per heavy atom. The molecule has 0 saturated carbocycles. The number of benzene rings is 2. The van der Waals surface area contributed by atoms with Crippen LogP contribution in [0.5, 0.6) is 0 Å². The molecule has 2 heterocycles. The van der Waals surface area contributed by atoms with Gasteiger partial charge in [0.1, 0.15) is 23.3 Å². The lowest BCUT2D eigenvalue weighted by Gasteiger charge is -2.28. The molecule has 0 unspecified atom stereocenters. The number of hydrogen-bond donors (Lipinski definition) is 3. The van der Waals surface area contributed by atoms with Gasteiger partial charge >= 0.3 is 0 Å².